The zero-order chi connectivity index (χ0) is 17.3. The van der Waals surface area contributed by atoms with Gasteiger partial charge in [0.2, 0.25) is 0 Å². The standard InChI is InChI=1S/C21H30N2O2/c1-3-16-8-9-20(21(2)24-12-13-25-21)23(15-16)11-10-17-14-22-19-7-5-4-6-18(17)19/h4-7,14,16,20,22H,3,8-13,15H2,1-2H3/t16-,20+/m0/s1. The number of piperidine rings is 1. The van der Waals surface area contributed by atoms with Crippen LogP contribution >= 0.6 is 0 Å². The number of rotatable bonds is 5. The molecule has 0 bridgehead atoms. The molecule has 1 N–H and O–H groups in total. The van der Waals surface area contributed by atoms with Crippen LogP contribution in [0.25, 0.3) is 10.9 Å². The van der Waals surface area contributed by atoms with Crippen molar-refractivity contribution in [3.05, 3.63) is 36.0 Å². The molecule has 136 valence electrons. The predicted molar refractivity (Wildman–Crippen MR) is 101 cm³/mol. The molecule has 1 aromatic heterocycles. The van der Waals surface area contributed by atoms with E-state index in [-0.39, 0.29) is 0 Å². The largest absolute Gasteiger partial charge is 0.361 e. The van der Waals surface area contributed by atoms with Crippen molar-refractivity contribution in [2.75, 3.05) is 26.3 Å². The van der Waals surface area contributed by atoms with Gasteiger partial charge in [-0.15, -0.1) is 0 Å². The third-order valence-electron chi connectivity index (χ3n) is 6.17. The third kappa shape index (κ3) is 3.35. The van der Waals surface area contributed by atoms with E-state index < -0.39 is 5.79 Å². The van der Waals surface area contributed by atoms with E-state index in [1.54, 1.807) is 0 Å². The zero-order valence-electron chi connectivity index (χ0n) is 15.5. The van der Waals surface area contributed by atoms with E-state index in [0.717, 1.165) is 38.6 Å². The predicted octanol–water partition coefficient (Wildman–Crippen LogP) is 3.96. The summed E-state index contributed by atoms with van der Waals surface area (Å²) in [7, 11) is 0. The quantitative estimate of drug-likeness (QED) is 0.893. The van der Waals surface area contributed by atoms with Crippen molar-refractivity contribution in [2.45, 2.75) is 51.4 Å². The van der Waals surface area contributed by atoms with Crippen molar-refractivity contribution < 1.29 is 9.47 Å². The van der Waals surface area contributed by atoms with Crippen molar-refractivity contribution in [3.8, 4) is 0 Å². The van der Waals surface area contributed by atoms with E-state index in [2.05, 4.69) is 54.2 Å². The molecule has 2 saturated heterocycles. The molecule has 2 atom stereocenters. The maximum absolute atomic E-state index is 6.02. The van der Waals surface area contributed by atoms with Gasteiger partial charge in [-0.25, -0.2) is 0 Å². The first kappa shape index (κ1) is 17.1. The molecule has 25 heavy (non-hydrogen) atoms. The van der Waals surface area contributed by atoms with Gasteiger partial charge in [0, 0.05) is 30.2 Å². The van der Waals surface area contributed by atoms with Crippen molar-refractivity contribution in [2.24, 2.45) is 5.92 Å². The highest BCUT2D eigenvalue weighted by Crippen LogP contribution is 2.35. The molecule has 2 aliphatic heterocycles. The van der Waals surface area contributed by atoms with Gasteiger partial charge in [-0.3, -0.25) is 4.90 Å². The van der Waals surface area contributed by atoms with Gasteiger partial charge in [0.25, 0.3) is 0 Å². The van der Waals surface area contributed by atoms with Crippen LogP contribution < -0.4 is 0 Å². The summed E-state index contributed by atoms with van der Waals surface area (Å²) >= 11 is 0. The smallest absolute Gasteiger partial charge is 0.181 e. The number of nitrogens with zero attached hydrogens (tertiary/aromatic N) is 1. The minimum Gasteiger partial charge on any atom is -0.361 e. The molecule has 0 spiro atoms. The Bertz CT molecular complexity index is 705. The van der Waals surface area contributed by atoms with Gasteiger partial charge in [-0.2, -0.15) is 0 Å². The Kier molecular flexibility index (Phi) is 4.85. The number of aromatic nitrogens is 1. The van der Waals surface area contributed by atoms with Crippen molar-refractivity contribution >= 4 is 10.9 Å². The molecule has 3 heterocycles. The van der Waals surface area contributed by atoms with Gasteiger partial charge in [0.1, 0.15) is 0 Å². The third-order valence-corrected chi connectivity index (χ3v) is 6.17. The van der Waals surface area contributed by atoms with E-state index in [1.165, 1.54) is 35.7 Å². The number of hydrogen-bond acceptors (Lipinski definition) is 3. The fourth-order valence-electron chi connectivity index (χ4n) is 4.63. The Labute approximate surface area is 150 Å². The Balaban J connectivity index is 1.50. The Morgan fingerprint density at radius 1 is 1.20 bits per heavy atom. The highest BCUT2D eigenvalue weighted by molar-refractivity contribution is 5.83. The monoisotopic (exact) mass is 342 g/mol. The van der Waals surface area contributed by atoms with Crippen molar-refractivity contribution in [1.29, 1.82) is 0 Å². The summed E-state index contributed by atoms with van der Waals surface area (Å²) in [5.74, 6) is 0.364. The first-order valence-electron chi connectivity index (χ1n) is 9.76. The molecule has 0 radical (unpaired) electrons. The number of nitrogens with one attached hydrogen (secondary N) is 1. The van der Waals surface area contributed by atoms with Crippen LogP contribution in [-0.4, -0.2) is 48.0 Å². The van der Waals surface area contributed by atoms with Crippen LogP contribution in [0, 0.1) is 5.92 Å². The van der Waals surface area contributed by atoms with Gasteiger partial charge < -0.3 is 14.5 Å². The molecule has 4 rings (SSSR count). The summed E-state index contributed by atoms with van der Waals surface area (Å²) in [6.45, 7) is 8.11. The van der Waals surface area contributed by atoms with Gasteiger partial charge >= 0.3 is 0 Å². The maximum atomic E-state index is 6.02. The lowest BCUT2D eigenvalue weighted by atomic mass is 9.87. The second-order valence-electron chi connectivity index (χ2n) is 7.68. The van der Waals surface area contributed by atoms with Crippen LogP contribution in [0.3, 0.4) is 0 Å². The van der Waals surface area contributed by atoms with Crippen LogP contribution in [-0.2, 0) is 15.9 Å². The fourth-order valence-corrected chi connectivity index (χ4v) is 4.63. The first-order chi connectivity index (χ1) is 12.2. The molecular formula is C21H30N2O2. The van der Waals surface area contributed by atoms with Gasteiger partial charge in [0.15, 0.2) is 5.79 Å². The number of benzene rings is 1. The van der Waals surface area contributed by atoms with Crippen LogP contribution in [0.2, 0.25) is 0 Å². The summed E-state index contributed by atoms with van der Waals surface area (Å²) in [5, 5.41) is 1.35. The summed E-state index contributed by atoms with van der Waals surface area (Å²) in [5.41, 5.74) is 2.64. The number of hydrogen-bond donors (Lipinski definition) is 1. The van der Waals surface area contributed by atoms with Crippen molar-refractivity contribution in [3.63, 3.8) is 0 Å². The molecule has 2 aliphatic rings. The number of para-hydroxylation sites is 1. The molecule has 0 saturated carbocycles. The highest BCUT2D eigenvalue weighted by Gasteiger charge is 2.45. The van der Waals surface area contributed by atoms with Crippen LogP contribution in [0.5, 0.6) is 0 Å². The average Bonchev–Trinajstić information content (AvgIpc) is 3.27. The van der Waals surface area contributed by atoms with Crippen LogP contribution in [0.4, 0.5) is 0 Å². The lowest BCUT2D eigenvalue weighted by Gasteiger charge is -2.45. The van der Waals surface area contributed by atoms with E-state index in [0.29, 0.717) is 6.04 Å². The zero-order valence-corrected chi connectivity index (χ0v) is 15.5. The van der Waals surface area contributed by atoms with E-state index in [4.69, 9.17) is 9.47 Å². The van der Waals surface area contributed by atoms with Crippen LogP contribution in [0.15, 0.2) is 30.5 Å². The van der Waals surface area contributed by atoms with E-state index in [1.807, 2.05) is 0 Å². The molecule has 4 nitrogen and oxygen atoms in total. The Hall–Kier alpha value is -1.36. The Morgan fingerprint density at radius 3 is 2.80 bits per heavy atom. The number of ether oxygens (including phenoxy) is 2. The van der Waals surface area contributed by atoms with Gasteiger partial charge in [0.05, 0.1) is 19.3 Å². The minimum atomic E-state index is -0.432. The molecule has 2 fully saturated rings. The molecule has 0 amide bonds. The summed E-state index contributed by atoms with van der Waals surface area (Å²) < 4.78 is 12.0. The highest BCUT2D eigenvalue weighted by atomic mass is 16.7. The topological polar surface area (TPSA) is 37.5 Å². The molecule has 4 heteroatoms. The normalized spacial score (nSPS) is 27.1. The summed E-state index contributed by atoms with van der Waals surface area (Å²) in [4.78, 5) is 6.03. The Morgan fingerprint density at radius 2 is 2.00 bits per heavy atom. The van der Waals surface area contributed by atoms with Gasteiger partial charge in [-0.1, -0.05) is 31.5 Å². The fraction of sp³-hybridized carbons (Fsp3) is 0.619. The molecule has 0 aliphatic carbocycles. The summed E-state index contributed by atoms with van der Waals surface area (Å²) in [6.07, 6.45) is 6.95. The minimum absolute atomic E-state index is 0.364. The molecular weight excluding hydrogens is 312 g/mol. The molecule has 1 aromatic carbocycles. The number of H-pyrrole nitrogens is 1. The lowest BCUT2D eigenvalue weighted by molar-refractivity contribution is -0.198. The molecule has 2 aromatic rings. The first-order valence-corrected chi connectivity index (χ1v) is 9.76. The second kappa shape index (κ2) is 7.10. The van der Waals surface area contributed by atoms with Crippen molar-refractivity contribution in [1.82, 2.24) is 9.88 Å². The summed E-state index contributed by atoms with van der Waals surface area (Å²) in [6, 6.07) is 8.94. The second-order valence-corrected chi connectivity index (χ2v) is 7.68. The maximum Gasteiger partial charge on any atom is 0.181 e. The SMILES string of the molecule is CC[C@H]1CC[C@H](C2(C)OCCO2)N(CCc2c[nH]c3ccccc23)C1. The number of likely N-dealkylation sites (tertiary alicyclic amines) is 1. The van der Waals surface area contributed by atoms with Gasteiger partial charge in [-0.05, 0) is 43.7 Å². The average molecular weight is 342 g/mol. The number of aromatic amines is 1. The lowest BCUT2D eigenvalue weighted by Crippen LogP contribution is -2.56. The van der Waals surface area contributed by atoms with E-state index >= 15 is 0 Å². The van der Waals surface area contributed by atoms with E-state index in [9.17, 15) is 0 Å². The number of fused-ring (bicyclic) bond motifs is 1. The molecule has 0 unspecified atom stereocenters. The van der Waals surface area contributed by atoms with Crippen LogP contribution in [0.1, 0.15) is 38.7 Å².